The molecule has 1 saturated heterocycles. The predicted octanol–water partition coefficient (Wildman–Crippen LogP) is 8.62. The van der Waals surface area contributed by atoms with E-state index in [0.29, 0.717) is 50.9 Å². The third-order valence-electron chi connectivity index (χ3n) is 9.03. The van der Waals surface area contributed by atoms with Crippen molar-refractivity contribution in [3.05, 3.63) is 136 Å². The number of hydrogen-bond donors (Lipinski definition) is 3. The van der Waals surface area contributed by atoms with Gasteiger partial charge in [0.2, 0.25) is 0 Å². The summed E-state index contributed by atoms with van der Waals surface area (Å²) in [7, 11) is -3.82. The Hall–Kier alpha value is -4.19. The Morgan fingerprint density at radius 3 is 2.07 bits per heavy atom. The van der Waals surface area contributed by atoms with Crippen LogP contribution in [0.2, 0.25) is 0 Å². The summed E-state index contributed by atoms with van der Waals surface area (Å²) in [6, 6.07) is 9.52. The number of allylic oxidation sites excluding steroid dienone is 12. The molecule has 1 fully saturated rings. The number of halogens is 1. The van der Waals surface area contributed by atoms with Gasteiger partial charge in [-0.1, -0.05) is 98.0 Å². The molecule has 1 aromatic carbocycles. The molecule has 0 radical (unpaired) electrons. The van der Waals surface area contributed by atoms with Gasteiger partial charge in [-0.3, -0.25) is 23.7 Å². The average Bonchev–Trinajstić information content (AvgIpc) is 3.41. The molecule has 0 saturated carbocycles. The van der Waals surface area contributed by atoms with Crippen molar-refractivity contribution in [2.75, 3.05) is 25.9 Å². The van der Waals surface area contributed by atoms with Gasteiger partial charge in [0.25, 0.3) is 5.56 Å². The second-order valence-corrected chi connectivity index (χ2v) is 16.0. The molecule has 0 amide bonds. The van der Waals surface area contributed by atoms with Crippen LogP contribution in [-0.2, 0) is 18.6 Å². The Morgan fingerprint density at radius 1 is 0.895 bits per heavy atom. The zero-order valence-corrected chi connectivity index (χ0v) is 34.3. The summed E-state index contributed by atoms with van der Waals surface area (Å²) >= 11 is 0. The SMILES string of the molecule is CC/C=C\C/C=C\C/C=C\C/C=C\C/C=C\C/C=C\CCC(=O)CCCNCCCP(=O)(OC[C@H]1OC(n2ccc(=O)[nH]c2=O)[C@](C)(F)[C@@H]1O)Oc1ccccc1. The monoisotopic (exact) mass is 809 g/mol. The summed E-state index contributed by atoms with van der Waals surface area (Å²) in [6.45, 7) is 3.83. The Kier molecular flexibility index (Phi) is 22.1. The van der Waals surface area contributed by atoms with Crippen LogP contribution in [-0.4, -0.2) is 64.2 Å². The number of rotatable bonds is 28. The van der Waals surface area contributed by atoms with E-state index in [4.69, 9.17) is 13.8 Å². The van der Waals surface area contributed by atoms with Crippen molar-refractivity contribution in [2.45, 2.75) is 109 Å². The number of para-hydroxylation sites is 1. The highest BCUT2D eigenvalue weighted by Gasteiger charge is 2.55. The molecule has 0 bridgehead atoms. The number of ether oxygens (including phenoxy) is 1. The van der Waals surface area contributed by atoms with Gasteiger partial charge in [-0.15, -0.1) is 0 Å². The molecular weight excluding hydrogens is 748 g/mol. The number of aliphatic hydroxyl groups is 1. The normalized spacial score (nSPS) is 21.3. The van der Waals surface area contributed by atoms with Gasteiger partial charge < -0.3 is 19.7 Å². The molecule has 312 valence electrons. The van der Waals surface area contributed by atoms with Gasteiger partial charge in [0.05, 0.1) is 12.8 Å². The highest BCUT2D eigenvalue weighted by Crippen LogP contribution is 2.50. The van der Waals surface area contributed by atoms with Crippen LogP contribution in [0.1, 0.15) is 90.7 Å². The van der Waals surface area contributed by atoms with Crippen LogP contribution in [0.4, 0.5) is 4.39 Å². The maximum atomic E-state index is 15.6. The number of H-pyrrole nitrogens is 1. The van der Waals surface area contributed by atoms with Gasteiger partial charge in [-0.25, -0.2) is 13.8 Å². The van der Waals surface area contributed by atoms with Crippen LogP contribution >= 0.6 is 7.60 Å². The quantitative estimate of drug-likeness (QED) is 0.0437. The van der Waals surface area contributed by atoms with Crippen LogP contribution in [0.5, 0.6) is 5.75 Å². The van der Waals surface area contributed by atoms with Crippen LogP contribution in [0, 0.1) is 0 Å². The lowest BCUT2D eigenvalue weighted by Gasteiger charge is -2.24. The summed E-state index contributed by atoms with van der Waals surface area (Å²) in [5.74, 6) is 0.524. The summed E-state index contributed by atoms with van der Waals surface area (Å²) in [4.78, 5) is 38.2. The third kappa shape index (κ3) is 18.3. The molecule has 2 unspecified atom stereocenters. The standard InChI is InChI=1S/C44H61FN3O8P/c1-3-4-5-6-7-8-9-10-11-12-13-14-15-16-17-18-19-20-22-27-37(49)28-25-32-46-33-26-35-57(53,56-38-29-23-21-24-30-38)54-36-39-41(51)44(2,45)42(55-39)48-34-31-40(50)47-43(48)52/h4-5,7-8,10-11,13-14,16-17,19-21,23-24,29-31,34,39,41-42,46,51H,3,6,9,12,15,18,22,25-28,32-33,35-36H2,1-2H3,(H,47,50,52)/b5-4-,8-7-,11-10-,14-13-,17-16-,20-19-/t39-,41-,42?,44-,57?/m1/s1. The second kappa shape index (κ2) is 26.7. The topological polar surface area (TPSA) is 149 Å². The number of nitrogens with zero attached hydrogens (tertiary/aromatic N) is 1. The predicted molar refractivity (Wildman–Crippen MR) is 225 cm³/mol. The molecule has 1 aromatic heterocycles. The lowest BCUT2D eigenvalue weighted by Crippen LogP contribution is -2.43. The zero-order chi connectivity index (χ0) is 41.2. The highest BCUT2D eigenvalue weighted by atomic mass is 31.2. The maximum Gasteiger partial charge on any atom is 0.379 e. The molecule has 0 aliphatic carbocycles. The number of carbonyl (C=O) groups excluding carboxylic acids is 1. The number of ketones is 1. The second-order valence-electron chi connectivity index (χ2n) is 13.9. The molecule has 57 heavy (non-hydrogen) atoms. The first-order valence-corrected chi connectivity index (χ1v) is 21.7. The van der Waals surface area contributed by atoms with E-state index in [9.17, 15) is 24.1 Å². The molecule has 1 aliphatic rings. The van der Waals surface area contributed by atoms with Crippen LogP contribution in [0.25, 0.3) is 0 Å². The van der Waals surface area contributed by atoms with E-state index in [1.807, 2.05) is 4.98 Å². The van der Waals surface area contributed by atoms with Crippen LogP contribution in [0.3, 0.4) is 0 Å². The van der Waals surface area contributed by atoms with E-state index in [2.05, 4.69) is 85.2 Å². The molecule has 2 heterocycles. The zero-order valence-electron chi connectivity index (χ0n) is 33.4. The Bertz CT molecular complexity index is 1810. The summed E-state index contributed by atoms with van der Waals surface area (Å²) in [6.07, 6.45) is 30.9. The van der Waals surface area contributed by atoms with Crippen molar-refractivity contribution in [1.29, 1.82) is 0 Å². The largest absolute Gasteiger partial charge is 0.424 e. The fourth-order valence-corrected chi connectivity index (χ4v) is 7.51. The fraction of sp³-hybridized carbons (Fsp3) is 0.477. The first-order chi connectivity index (χ1) is 27.6. The molecule has 5 atom stereocenters. The number of hydrogen-bond acceptors (Lipinski definition) is 9. The first-order valence-electron chi connectivity index (χ1n) is 20.0. The highest BCUT2D eigenvalue weighted by molar-refractivity contribution is 7.54. The van der Waals surface area contributed by atoms with E-state index in [0.717, 1.165) is 62.3 Å². The average molecular weight is 810 g/mol. The van der Waals surface area contributed by atoms with Gasteiger partial charge in [0.15, 0.2) is 11.9 Å². The number of aromatic amines is 1. The van der Waals surface area contributed by atoms with Gasteiger partial charge in [-0.2, -0.15) is 0 Å². The number of Topliss-reactive ketones (excluding diaryl/α,β-unsaturated/α-hetero) is 1. The van der Waals surface area contributed by atoms with Gasteiger partial charge >= 0.3 is 13.3 Å². The molecule has 3 rings (SSSR count). The number of alkyl halides is 1. The van der Waals surface area contributed by atoms with Crippen LogP contribution in [0.15, 0.2) is 125 Å². The van der Waals surface area contributed by atoms with Crippen molar-refractivity contribution in [3.8, 4) is 5.75 Å². The van der Waals surface area contributed by atoms with Crippen molar-refractivity contribution < 1.29 is 32.6 Å². The molecule has 11 nitrogen and oxygen atoms in total. The molecular formula is C44H61FN3O8P. The van der Waals surface area contributed by atoms with Crippen molar-refractivity contribution >= 4 is 13.4 Å². The van der Waals surface area contributed by atoms with Gasteiger partial charge in [0.1, 0.15) is 23.7 Å². The van der Waals surface area contributed by atoms with E-state index in [1.165, 1.54) is 0 Å². The minimum Gasteiger partial charge on any atom is -0.424 e. The first kappa shape index (κ1) is 47.2. The summed E-state index contributed by atoms with van der Waals surface area (Å²) in [5, 5.41) is 14.0. The summed E-state index contributed by atoms with van der Waals surface area (Å²) in [5.41, 5.74) is -3.99. The summed E-state index contributed by atoms with van der Waals surface area (Å²) < 4.78 is 47.6. The van der Waals surface area contributed by atoms with E-state index in [1.54, 1.807) is 30.3 Å². The Balaban J connectivity index is 1.29. The number of nitrogens with one attached hydrogen (secondary N) is 2. The van der Waals surface area contributed by atoms with E-state index >= 15 is 4.39 Å². The minimum atomic E-state index is -3.82. The lowest BCUT2D eigenvalue weighted by atomic mass is 9.98. The fourth-order valence-electron chi connectivity index (χ4n) is 5.87. The van der Waals surface area contributed by atoms with E-state index in [-0.39, 0.29) is 11.9 Å². The third-order valence-corrected chi connectivity index (χ3v) is 10.9. The smallest absolute Gasteiger partial charge is 0.379 e. The number of carbonyl (C=O) groups is 1. The van der Waals surface area contributed by atoms with E-state index < -0.39 is 49.6 Å². The molecule has 1 aliphatic heterocycles. The van der Waals surface area contributed by atoms with Crippen molar-refractivity contribution in [3.63, 3.8) is 0 Å². The van der Waals surface area contributed by atoms with Crippen molar-refractivity contribution in [1.82, 2.24) is 14.9 Å². The molecule has 0 spiro atoms. The van der Waals surface area contributed by atoms with Gasteiger partial charge in [-0.05, 0) is 89.9 Å². The maximum absolute atomic E-state index is 15.6. The Labute approximate surface area is 336 Å². The van der Waals surface area contributed by atoms with Gasteiger partial charge in [0, 0.05) is 25.1 Å². The number of aliphatic hydroxyl groups excluding tert-OH is 1. The Morgan fingerprint density at radius 2 is 1.47 bits per heavy atom. The lowest BCUT2D eigenvalue weighted by molar-refractivity contribution is -0.119. The number of aromatic nitrogens is 2. The van der Waals surface area contributed by atoms with Crippen LogP contribution < -0.4 is 21.1 Å². The molecule has 3 N–H and O–H groups in total. The minimum absolute atomic E-state index is 0.0122. The van der Waals surface area contributed by atoms with Crippen molar-refractivity contribution in [2.24, 2.45) is 0 Å². The molecule has 2 aromatic rings. The molecule has 13 heteroatoms. The number of benzene rings is 1.